The molecule has 1 aromatic heterocycles. The van der Waals surface area contributed by atoms with E-state index in [0.29, 0.717) is 11.6 Å². The second kappa shape index (κ2) is 5.21. The lowest BCUT2D eigenvalue weighted by Crippen LogP contribution is -2.15. The number of hydrogen-bond acceptors (Lipinski definition) is 3. The SMILES string of the molecule is N#Cc1cncc(-c2ccccc2CNC2CC2)c1. The molecule has 19 heavy (non-hydrogen) atoms. The van der Waals surface area contributed by atoms with E-state index in [1.807, 2.05) is 18.3 Å². The van der Waals surface area contributed by atoms with Gasteiger partial charge in [0.25, 0.3) is 0 Å². The lowest BCUT2D eigenvalue weighted by molar-refractivity contribution is 0.689. The molecule has 1 aliphatic carbocycles. The fraction of sp³-hybridized carbons (Fsp3) is 0.250. The van der Waals surface area contributed by atoms with E-state index >= 15 is 0 Å². The Morgan fingerprint density at radius 2 is 2.11 bits per heavy atom. The van der Waals surface area contributed by atoms with Gasteiger partial charge in [0.05, 0.1) is 5.56 Å². The van der Waals surface area contributed by atoms with Gasteiger partial charge in [0.1, 0.15) is 6.07 Å². The molecule has 3 heteroatoms. The Morgan fingerprint density at radius 3 is 2.89 bits per heavy atom. The third kappa shape index (κ3) is 2.81. The highest BCUT2D eigenvalue weighted by Gasteiger charge is 2.20. The van der Waals surface area contributed by atoms with Gasteiger partial charge in [0, 0.05) is 30.5 Å². The zero-order valence-corrected chi connectivity index (χ0v) is 10.6. The summed E-state index contributed by atoms with van der Waals surface area (Å²) >= 11 is 0. The zero-order chi connectivity index (χ0) is 13.1. The van der Waals surface area contributed by atoms with Crippen LogP contribution in [-0.2, 0) is 6.54 Å². The van der Waals surface area contributed by atoms with E-state index in [4.69, 9.17) is 5.26 Å². The fourth-order valence-electron chi connectivity index (χ4n) is 2.15. The third-order valence-electron chi connectivity index (χ3n) is 3.35. The summed E-state index contributed by atoms with van der Waals surface area (Å²) in [7, 11) is 0. The molecule has 3 nitrogen and oxygen atoms in total. The second-order valence-electron chi connectivity index (χ2n) is 4.89. The van der Waals surface area contributed by atoms with Gasteiger partial charge in [0.2, 0.25) is 0 Å². The predicted octanol–water partition coefficient (Wildman–Crippen LogP) is 2.87. The minimum Gasteiger partial charge on any atom is -0.310 e. The van der Waals surface area contributed by atoms with Crippen molar-refractivity contribution in [2.45, 2.75) is 25.4 Å². The van der Waals surface area contributed by atoms with Crippen LogP contribution in [0.3, 0.4) is 0 Å². The molecule has 0 radical (unpaired) electrons. The van der Waals surface area contributed by atoms with Crippen molar-refractivity contribution in [3.05, 3.63) is 53.9 Å². The Hall–Kier alpha value is -2.18. The Bertz CT molecular complexity index is 624. The first kappa shape index (κ1) is 11.9. The molecule has 0 saturated heterocycles. The van der Waals surface area contributed by atoms with E-state index in [1.54, 1.807) is 6.20 Å². The van der Waals surface area contributed by atoms with Crippen molar-refractivity contribution >= 4 is 0 Å². The Kier molecular flexibility index (Phi) is 3.26. The highest BCUT2D eigenvalue weighted by Crippen LogP contribution is 2.25. The van der Waals surface area contributed by atoms with E-state index in [0.717, 1.165) is 17.7 Å². The molecule has 1 N–H and O–H groups in total. The van der Waals surface area contributed by atoms with Crippen molar-refractivity contribution in [2.75, 3.05) is 0 Å². The summed E-state index contributed by atoms with van der Waals surface area (Å²) in [5, 5.41) is 12.5. The van der Waals surface area contributed by atoms with Gasteiger partial charge in [-0.15, -0.1) is 0 Å². The van der Waals surface area contributed by atoms with Crippen LogP contribution in [0.5, 0.6) is 0 Å². The molecule has 0 spiro atoms. The van der Waals surface area contributed by atoms with Gasteiger partial charge in [-0.2, -0.15) is 5.26 Å². The van der Waals surface area contributed by atoms with Crippen LogP contribution in [0.15, 0.2) is 42.7 Å². The summed E-state index contributed by atoms with van der Waals surface area (Å²) in [5.74, 6) is 0. The highest BCUT2D eigenvalue weighted by molar-refractivity contribution is 5.67. The minimum atomic E-state index is 0.599. The van der Waals surface area contributed by atoms with Crippen LogP contribution in [0.4, 0.5) is 0 Å². The predicted molar refractivity (Wildman–Crippen MR) is 74.2 cm³/mol. The largest absolute Gasteiger partial charge is 0.310 e. The van der Waals surface area contributed by atoms with Crippen molar-refractivity contribution in [3.8, 4) is 17.2 Å². The average Bonchev–Trinajstić information content (AvgIpc) is 3.30. The van der Waals surface area contributed by atoms with E-state index < -0.39 is 0 Å². The topological polar surface area (TPSA) is 48.7 Å². The van der Waals surface area contributed by atoms with Crippen LogP contribution in [0, 0.1) is 11.3 Å². The standard InChI is InChI=1S/C16H15N3/c17-8-12-7-14(10-18-9-12)16-4-2-1-3-13(16)11-19-15-5-6-15/h1-4,7,9-10,15,19H,5-6,11H2. The van der Waals surface area contributed by atoms with Crippen LogP contribution in [0.1, 0.15) is 24.0 Å². The van der Waals surface area contributed by atoms with Gasteiger partial charge in [-0.3, -0.25) is 4.98 Å². The first-order valence-corrected chi connectivity index (χ1v) is 6.53. The number of rotatable bonds is 4. The Morgan fingerprint density at radius 1 is 1.26 bits per heavy atom. The number of nitriles is 1. The monoisotopic (exact) mass is 249 g/mol. The van der Waals surface area contributed by atoms with Crippen LogP contribution >= 0.6 is 0 Å². The first-order chi connectivity index (χ1) is 9.36. The highest BCUT2D eigenvalue weighted by atomic mass is 14.9. The molecule has 0 aliphatic heterocycles. The zero-order valence-electron chi connectivity index (χ0n) is 10.6. The van der Waals surface area contributed by atoms with E-state index in [9.17, 15) is 0 Å². The maximum absolute atomic E-state index is 8.96. The second-order valence-corrected chi connectivity index (χ2v) is 4.89. The normalized spacial score (nSPS) is 14.1. The van der Waals surface area contributed by atoms with E-state index in [1.165, 1.54) is 18.4 Å². The number of pyridine rings is 1. The molecule has 2 aromatic rings. The maximum atomic E-state index is 8.96. The van der Waals surface area contributed by atoms with E-state index in [2.05, 4.69) is 34.6 Å². The van der Waals surface area contributed by atoms with Crippen LogP contribution in [0.25, 0.3) is 11.1 Å². The Labute approximate surface area is 112 Å². The van der Waals surface area contributed by atoms with Crippen molar-refractivity contribution < 1.29 is 0 Å². The quantitative estimate of drug-likeness (QED) is 0.906. The smallest absolute Gasteiger partial charge is 0.101 e. The molecule has 1 aliphatic rings. The fourth-order valence-corrected chi connectivity index (χ4v) is 2.15. The van der Waals surface area contributed by atoms with Gasteiger partial charge in [-0.25, -0.2) is 0 Å². The van der Waals surface area contributed by atoms with Crippen molar-refractivity contribution in [1.82, 2.24) is 10.3 Å². The molecule has 1 fully saturated rings. The summed E-state index contributed by atoms with van der Waals surface area (Å²) in [6, 6.07) is 13.0. The number of benzene rings is 1. The van der Waals surface area contributed by atoms with Gasteiger partial charge >= 0.3 is 0 Å². The number of nitrogens with zero attached hydrogens (tertiary/aromatic N) is 2. The molecule has 3 rings (SSSR count). The number of hydrogen-bond donors (Lipinski definition) is 1. The summed E-state index contributed by atoms with van der Waals surface area (Å²) < 4.78 is 0. The molecule has 94 valence electrons. The molecular weight excluding hydrogens is 234 g/mol. The maximum Gasteiger partial charge on any atom is 0.101 e. The average molecular weight is 249 g/mol. The number of nitrogens with one attached hydrogen (secondary N) is 1. The summed E-state index contributed by atoms with van der Waals surface area (Å²) in [5.41, 5.74) is 4.02. The summed E-state index contributed by atoms with van der Waals surface area (Å²) in [4.78, 5) is 4.14. The molecule has 0 atom stereocenters. The molecule has 1 heterocycles. The summed E-state index contributed by atoms with van der Waals surface area (Å²) in [6.45, 7) is 0.873. The van der Waals surface area contributed by atoms with Crippen LogP contribution < -0.4 is 5.32 Å². The van der Waals surface area contributed by atoms with E-state index in [-0.39, 0.29) is 0 Å². The number of aromatic nitrogens is 1. The van der Waals surface area contributed by atoms with Gasteiger partial charge < -0.3 is 5.32 Å². The van der Waals surface area contributed by atoms with Crippen LogP contribution in [-0.4, -0.2) is 11.0 Å². The van der Waals surface area contributed by atoms with Crippen molar-refractivity contribution in [2.24, 2.45) is 0 Å². The molecular formula is C16H15N3. The lowest BCUT2D eigenvalue weighted by atomic mass is 10.00. The first-order valence-electron chi connectivity index (χ1n) is 6.53. The molecule has 1 saturated carbocycles. The Balaban J connectivity index is 1.91. The van der Waals surface area contributed by atoms with Crippen LogP contribution in [0.2, 0.25) is 0 Å². The van der Waals surface area contributed by atoms with Gasteiger partial charge in [-0.05, 0) is 30.0 Å². The van der Waals surface area contributed by atoms with Gasteiger partial charge in [0.15, 0.2) is 0 Å². The minimum absolute atomic E-state index is 0.599. The van der Waals surface area contributed by atoms with Crippen molar-refractivity contribution in [1.29, 1.82) is 5.26 Å². The van der Waals surface area contributed by atoms with Gasteiger partial charge in [-0.1, -0.05) is 24.3 Å². The molecule has 1 aromatic carbocycles. The third-order valence-corrected chi connectivity index (χ3v) is 3.35. The van der Waals surface area contributed by atoms with Crippen molar-refractivity contribution in [3.63, 3.8) is 0 Å². The molecule has 0 unspecified atom stereocenters. The summed E-state index contributed by atoms with van der Waals surface area (Å²) in [6.07, 6.45) is 5.98. The molecule has 0 amide bonds. The molecule has 0 bridgehead atoms. The lowest BCUT2D eigenvalue weighted by Gasteiger charge is -2.10.